The third kappa shape index (κ3) is 2.67. The predicted molar refractivity (Wildman–Crippen MR) is 67.0 cm³/mol. The van der Waals surface area contributed by atoms with Crippen LogP contribution < -0.4 is 15.4 Å². The summed E-state index contributed by atoms with van der Waals surface area (Å²) in [4.78, 5) is 2.21. The molecule has 1 unspecified atom stereocenters. The van der Waals surface area contributed by atoms with Crippen LogP contribution in [0.4, 0.5) is 5.69 Å². The average molecular weight is 220 g/mol. The minimum absolute atomic E-state index is 0.312. The molecular formula is C13H20N2O. The van der Waals surface area contributed by atoms with Gasteiger partial charge in [0, 0.05) is 25.3 Å². The fourth-order valence-electron chi connectivity index (χ4n) is 1.93. The van der Waals surface area contributed by atoms with Crippen molar-refractivity contribution in [1.82, 2.24) is 0 Å². The summed E-state index contributed by atoms with van der Waals surface area (Å²) >= 11 is 0. The first-order valence-electron chi connectivity index (χ1n) is 5.81. The number of nitrogens with zero attached hydrogens (tertiary/aromatic N) is 1. The maximum atomic E-state index is 6.11. The van der Waals surface area contributed by atoms with E-state index in [2.05, 4.69) is 24.1 Å². The molecule has 1 aliphatic rings. The Morgan fingerprint density at radius 3 is 2.50 bits per heavy atom. The lowest BCUT2D eigenvalue weighted by Gasteiger charge is -2.23. The Balaban J connectivity index is 1.93. The number of ether oxygens (including phenoxy) is 1. The summed E-state index contributed by atoms with van der Waals surface area (Å²) in [5.41, 5.74) is 7.30. The number of rotatable bonds is 5. The van der Waals surface area contributed by atoms with Gasteiger partial charge in [-0.1, -0.05) is 0 Å². The van der Waals surface area contributed by atoms with Crippen molar-refractivity contribution in [2.24, 2.45) is 11.7 Å². The topological polar surface area (TPSA) is 38.5 Å². The van der Waals surface area contributed by atoms with Crippen molar-refractivity contribution >= 4 is 5.69 Å². The van der Waals surface area contributed by atoms with E-state index in [1.54, 1.807) is 7.11 Å². The molecule has 0 aromatic heterocycles. The molecule has 3 nitrogen and oxygen atoms in total. The Morgan fingerprint density at radius 1 is 1.38 bits per heavy atom. The Labute approximate surface area is 97.2 Å². The summed E-state index contributed by atoms with van der Waals surface area (Å²) < 4.78 is 5.14. The minimum atomic E-state index is 0.312. The van der Waals surface area contributed by atoms with Crippen LogP contribution in [0.3, 0.4) is 0 Å². The Morgan fingerprint density at radius 2 is 2.00 bits per heavy atom. The molecule has 0 bridgehead atoms. The highest BCUT2D eigenvalue weighted by atomic mass is 16.5. The largest absolute Gasteiger partial charge is 0.497 e. The quantitative estimate of drug-likeness (QED) is 0.823. The van der Waals surface area contributed by atoms with Crippen LogP contribution >= 0.6 is 0 Å². The van der Waals surface area contributed by atoms with Gasteiger partial charge in [0.2, 0.25) is 0 Å². The van der Waals surface area contributed by atoms with E-state index >= 15 is 0 Å². The normalized spacial score (nSPS) is 16.9. The van der Waals surface area contributed by atoms with E-state index in [-0.39, 0.29) is 0 Å². The van der Waals surface area contributed by atoms with E-state index in [1.807, 2.05) is 12.1 Å². The zero-order chi connectivity index (χ0) is 11.5. The zero-order valence-electron chi connectivity index (χ0n) is 10.0. The van der Waals surface area contributed by atoms with Crippen molar-refractivity contribution in [2.75, 3.05) is 25.6 Å². The first-order chi connectivity index (χ1) is 7.70. The molecule has 1 aromatic rings. The van der Waals surface area contributed by atoms with Crippen molar-refractivity contribution < 1.29 is 4.74 Å². The van der Waals surface area contributed by atoms with Gasteiger partial charge in [-0.3, -0.25) is 0 Å². The zero-order valence-corrected chi connectivity index (χ0v) is 10.0. The number of hydrogen-bond donors (Lipinski definition) is 1. The smallest absolute Gasteiger partial charge is 0.119 e. The number of nitrogens with two attached hydrogens (primary N) is 1. The maximum Gasteiger partial charge on any atom is 0.119 e. The van der Waals surface area contributed by atoms with Gasteiger partial charge < -0.3 is 15.4 Å². The van der Waals surface area contributed by atoms with E-state index in [1.165, 1.54) is 18.5 Å². The van der Waals surface area contributed by atoms with E-state index in [9.17, 15) is 0 Å². The lowest BCUT2D eigenvalue weighted by molar-refractivity contribution is 0.415. The number of likely N-dealkylation sites (N-methyl/N-ethyl adjacent to an activating group) is 1. The summed E-state index contributed by atoms with van der Waals surface area (Å²) in [6.07, 6.45) is 2.61. The van der Waals surface area contributed by atoms with Crippen molar-refractivity contribution in [3.05, 3.63) is 24.3 Å². The SMILES string of the molecule is COc1ccc(N(C)CC(N)C2CC2)cc1. The monoisotopic (exact) mass is 220 g/mol. The van der Waals surface area contributed by atoms with Crippen LogP contribution in [0.15, 0.2) is 24.3 Å². The van der Waals surface area contributed by atoms with E-state index in [0.717, 1.165) is 18.2 Å². The Hall–Kier alpha value is -1.22. The van der Waals surface area contributed by atoms with Gasteiger partial charge in [-0.25, -0.2) is 0 Å². The number of methoxy groups -OCH3 is 1. The molecular weight excluding hydrogens is 200 g/mol. The summed E-state index contributed by atoms with van der Waals surface area (Å²) in [5, 5.41) is 0. The molecule has 3 heteroatoms. The summed E-state index contributed by atoms with van der Waals surface area (Å²) in [5.74, 6) is 1.64. The number of hydrogen-bond acceptors (Lipinski definition) is 3. The number of benzene rings is 1. The van der Waals surface area contributed by atoms with Crippen molar-refractivity contribution in [3.8, 4) is 5.75 Å². The third-order valence-electron chi connectivity index (χ3n) is 3.23. The van der Waals surface area contributed by atoms with Crippen molar-refractivity contribution in [3.63, 3.8) is 0 Å². The molecule has 0 spiro atoms. The molecule has 2 rings (SSSR count). The van der Waals surface area contributed by atoms with Gasteiger partial charge in [0.1, 0.15) is 5.75 Å². The molecule has 1 aromatic carbocycles. The van der Waals surface area contributed by atoms with Gasteiger partial charge in [0.05, 0.1) is 7.11 Å². The molecule has 0 saturated heterocycles. The van der Waals surface area contributed by atoms with E-state index in [4.69, 9.17) is 10.5 Å². The first kappa shape index (κ1) is 11.3. The highest BCUT2D eigenvalue weighted by Gasteiger charge is 2.29. The van der Waals surface area contributed by atoms with Crippen LogP contribution in [0.25, 0.3) is 0 Å². The fraction of sp³-hybridized carbons (Fsp3) is 0.538. The third-order valence-corrected chi connectivity index (χ3v) is 3.23. The van der Waals surface area contributed by atoms with Crippen LogP contribution in [0.1, 0.15) is 12.8 Å². The summed E-state index contributed by atoms with van der Waals surface area (Å²) in [7, 11) is 3.77. The van der Waals surface area contributed by atoms with Crippen molar-refractivity contribution in [2.45, 2.75) is 18.9 Å². The van der Waals surface area contributed by atoms with E-state index in [0.29, 0.717) is 6.04 Å². The van der Waals surface area contributed by atoms with Gasteiger partial charge in [0.25, 0.3) is 0 Å². The molecule has 1 saturated carbocycles. The van der Waals surface area contributed by atoms with Crippen LogP contribution in [0, 0.1) is 5.92 Å². The standard InChI is InChI=1S/C13H20N2O/c1-15(9-13(14)10-3-4-10)11-5-7-12(16-2)8-6-11/h5-8,10,13H,3-4,9,14H2,1-2H3. The van der Waals surface area contributed by atoms with Crippen LogP contribution in [-0.2, 0) is 0 Å². The fourth-order valence-corrected chi connectivity index (χ4v) is 1.93. The average Bonchev–Trinajstić information content (AvgIpc) is 3.13. The predicted octanol–water partition coefficient (Wildman–Crippen LogP) is 1.87. The Kier molecular flexibility index (Phi) is 3.34. The second-order valence-corrected chi connectivity index (χ2v) is 4.58. The summed E-state index contributed by atoms with van der Waals surface area (Å²) in [6.45, 7) is 0.928. The molecule has 0 radical (unpaired) electrons. The van der Waals surface area contributed by atoms with E-state index < -0.39 is 0 Å². The molecule has 16 heavy (non-hydrogen) atoms. The van der Waals surface area contributed by atoms with Gasteiger partial charge >= 0.3 is 0 Å². The Bertz CT molecular complexity index is 332. The molecule has 0 aliphatic heterocycles. The van der Waals surface area contributed by atoms with Gasteiger partial charge in [-0.2, -0.15) is 0 Å². The maximum absolute atomic E-state index is 6.11. The molecule has 0 heterocycles. The van der Waals surface area contributed by atoms with Crippen LogP contribution in [0.2, 0.25) is 0 Å². The minimum Gasteiger partial charge on any atom is -0.497 e. The van der Waals surface area contributed by atoms with Gasteiger partial charge in [-0.15, -0.1) is 0 Å². The highest BCUT2D eigenvalue weighted by molar-refractivity contribution is 5.48. The highest BCUT2D eigenvalue weighted by Crippen LogP contribution is 2.32. The van der Waals surface area contributed by atoms with Gasteiger partial charge in [-0.05, 0) is 43.0 Å². The number of anilines is 1. The molecule has 1 fully saturated rings. The molecule has 88 valence electrons. The lowest BCUT2D eigenvalue weighted by atomic mass is 10.2. The second-order valence-electron chi connectivity index (χ2n) is 4.58. The van der Waals surface area contributed by atoms with Gasteiger partial charge in [0.15, 0.2) is 0 Å². The molecule has 2 N–H and O–H groups in total. The summed E-state index contributed by atoms with van der Waals surface area (Å²) in [6, 6.07) is 8.41. The molecule has 1 atom stereocenters. The van der Waals surface area contributed by atoms with Crippen molar-refractivity contribution in [1.29, 1.82) is 0 Å². The first-order valence-corrected chi connectivity index (χ1v) is 5.81. The molecule has 0 amide bonds. The van der Waals surface area contributed by atoms with Crippen LogP contribution in [0.5, 0.6) is 5.75 Å². The lowest BCUT2D eigenvalue weighted by Crippen LogP contribution is -2.36. The molecule has 1 aliphatic carbocycles. The van der Waals surface area contributed by atoms with Crippen LogP contribution in [-0.4, -0.2) is 26.7 Å². The second kappa shape index (κ2) is 4.74.